The second kappa shape index (κ2) is 11.9. The van der Waals surface area contributed by atoms with E-state index in [0.29, 0.717) is 29.7 Å². The van der Waals surface area contributed by atoms with E-state index in [9.17, 15) is 22.6 Å². The molecule has 0 unspecified atom stereocenters. The topological polar surface area (TPSA) is 122 Å². The molecule has 0 bridgehead atoms. The molecule has 1 atom stereocenters. The van der Waals surface area contributed by atoms with Gasteiger partial charge < -0.3 is 15.5 Å². The molecule has 2 aromatic heterocycles. The first-order chi connectivity index (χ1) is 20.0. The molecule has 1 saturated heterocycles. The highest BCUT2D eigenvalue weighted by molar-refractivity contribution is 7.93. The summed E-state index contributed by atoms with van der Waals surface area (Å²) in [7, 11) is -1.47. The van der Waals surface area contributed by atoms with Gasteiger partial charge in [0, 0.05) is 66.3 Å². The van der Waals surface area contributed by atoms with Crippen molar-refractivity contribution in [1.29, 1.82) is 0 Å². The van der Waals surface area contributed by atoms with E-state index in [0.717, 1.165) is 24.0 Å². The molecule has 42 heavy (non-hydrogen) atoms. The van der Waals surface area contributed by atoms with Crippen molar-refractivity contribution in [3.63, 3.8) is 0 Å². The lowest BCUT2D eigenvalue weighted by Gasteiger charge is -2.26. The second-order valence-electron chi connectivity index (χ2n) is 10.9. The maximum absolute atomic E-state index is 14.2. The Hall–Kier alpha value is -3.71. The predicted molar refractivity (Wildman–Crippen MR) is 158 cm³/mol. The molecular weight excluding hydrogens is 564 g/mol. The molecule has 1 aliphatic heterocycles. The monoisotopic (exact) mass is 599 g/mol. The number of benzene rings is 1. The van der Waals surface area contributed by atoms with Crippen molar-refractivity contribution in [2.24, 2.45) is 4.36 Å². The first kappa shape index (κ1) is 29.8. The van der Waals surface area contributed by atoms with Crippen LogP contribution in [0.5, 0.6) is 0 Å². The van der Waals surface area contributed by atoms with Gasteiger partial charge in [-0.1, -0.05) is 6.07 Å². The van der Waals surface area contributed by atoms with Crippen LogP contribution in [0, 0.1) is 6.92 Å². The summed E-state index contributed by atoms with van der Waals surface area (Å²) >= 11 is 0. The van der Waals surface area contributed by atoms with Crippen molar-refractivity contribution in [1.82, 2.24) is 20.1 Å². The highest BCUT2D eigenvalue weighted by atomic mass is 32.2. The zero-order valence-corrected chi connectivity index (χ0v) is 24.7. The molecule has 13 heteroatoms. The van der Waals surface area contributed by atoms with Gasteiger partial charge in [0.1, 0.15) is 5.82 Å². The summed E-state index contributed by atoms with van der Waals surface area (Å²) in [5, 5.41) is 10.0. The van der Waals surface area contributed by atoms with Crippen LogP contribution in [0.3, 0.4) is 0 Å². The number of alkyl halides is 2. The van der Waals surface area contributed by atoms with Crippen LogP contribution >= 0.6 is 0 Å². The Labute approximate surface area is 244 Å². The van der Waals surface area contributed by atoms with Crippen molar-refractivity contribution >= 4 is 33.0 Å². The molecule has 10 nitrogen and oxygen atoms in total. The predicted octanol–water partition coefficient (Wildman–Crippen LogP) is 4.67. The van der Waals surface area contributed by atoms with Crippen LogP contribution in [0.4, 0.5) is 20.3 Å². The molecular formula is C29H35F2N7O3S. The van der Waals surface area contributed by atoms with Crippen LogP contribution in [0.15, 0.2) is 52.1 Å². The van der Waals surface area contributed by atoms with Crippen LogP contribution in [-0.2, 0) is 14.5 Å². The zero-order valence-electron chi connectivity index (χ0n) is 23.9. The standard InChI is InChI=1S/C29H35F2N7O3S/c1-19-24(20-15-34-38(18-20)22-8-9-22)16-33-27(37-12-5-10-29(30,31)11-13-37)26(19)28(40)35-21-6-4-7-23(14-21)42(3,41)36-25(39)17-32-2/h4,6-7,14-16,18,22,32H,5,8-13,17H2,1-3H3,(H,35,40)/t42-/m1/s1. The third kappa shape index (κ3) is 6.67. The number of likely N-dealkylation sites (N-methyl/N-ethyl adjacent to an activating group) is 1. The molecule has 2 amide bonds. The molecule has 1 saturated carbocycles. The smallest absolute Gasteiger partial charge is 0.267 e. The number of hydrogen-bond donors (Lipinski definition) is 2. The van der Waals surface area contributed by atoms with Gasteiger partial charge in [-0.2, -0.15) is 9.46 Å². The number of amides is 2. The highest BCUT2D eigenvalue weighted by Crippen LogP contribution is 2.37. The van der Waals surface area contributed by atoms with E-state index in [-0.39, 0.29) is 42.8 Å². The van der Waals surface area contributed by atoms with Gasteiger partial charge in [-0.05, 0) is 57.0 Å². The highest BCUT2D eigenvalue weighted by Gasteiger charge is 2.34. The molecule has 5 rings (SSSR count). The normalized spacial score (nSPS) is 18.2. The molecule has 3 aromatic rings. The van der Waals surface area contributed by atoms with Crippen molar-refractivity contribution < 1.29 is 22.6 Å². The molecule has 3 heterocycles. The van der Waals surface area contributed by atoms with E-state index in [1.165, 1.54) is 12.3 Å². The van der Waals surface area contributed by atoms with Gasteiger partial charge in [-0.15, -0.1) is 0 Å². The Morgan fingerprint density at radius 3 is 2.71 bits per heavy atom. The SMILES string of the molecule is CNCC(=O)N=[S@](C)(=O)c1cccc(NC(=O)c2c(N3CCCC(F)(F)CC3)ncc(-c3cnn(C4CC4)c3)c2C)c1. The number of anilines is 2. The zero-order chi connectivity index (χ0) is 30.1. The van der Waals surface area contributed by atoms with Crippen molar-refractivity contribution in [3.8, 4) is 11.1 Å². The summed E-state index contributed by atoms with van der Waals surface area (Å²) in [6, 6.07) is 6.76. The van der Waals surface area contributed by atoms with E-state index in [4.69, 9.17) is 0 Å². The lowest BCUT2D eigenvalue weighted by atomic mass is 9.99. The summed E-state index contributed by atoms with van der Waals surface area (Å²) in [5.74, 6) is -3.46. The maximum atomic E-state index is 14.2. The molecule has 224 valence electrons. The van der Waals surface area contributed by atoms with Gasteiger partial charge in [-0.3, -0.25) is 14.3 Å². The number of carbonyl (C=O) groups excluding carboxylic acids is 2. The number of aromatic nitrogens is 3. The van der Waals surface area contributed by atoms with Crippen molar-refractivity contribution in [3.05, 3.63) is 54.0 Å². The minimum atomic E-state index is -3.06. The summed E-state index contributed by atoms with van der Waals surface area (Å²) in [6.07, 6.45) is 8.61. The van der Waals surface area contributed by atoms with Gasteiger partial charge in [0.2, 0.25) is 5.92 Å². The van der Waals surface area contributed by atoms with Crippen LogP contribution < -0.4 is 15.5 Å². The number of nitrogens with one attached hydrogen (secondary N) is 2. The minimum Gasteiger partial charge on any atom is -0.356 e. The first-order valence-electron chi connectivity index (χ1n) is 14.0. The number of carbonyl (C=O) groups is 2. The van der Waals surface area contributed by atoms with E-state index in [1.54, 1.807) is 42.5 Å². The number of pyridine rings is 1. The number of halogens is 2. The van der Waals surface area contributed by atoms with Crippen molar-refractivity contribution in [2.45, 2.75) is 55.9 Å². The van der Waals surface area contributed by atoms with Gasteiger partial charge in [-0.25, -0.2) is 18.0 Å². The fourth-order valence-electron chi connectivity index (χ4n) is 5.12. The quantitative estimate of drug-likeness (QED) is 0.386. The van der Waals surface area contributed by atoms with Crippen LogP contribution in [0.1, 0.15) is 54.1 Å². The fraction of sp³-hybridized carbons (Fsp3) is 0.448. The summed E-state index contributed by atoms with van der Waals surface area (Å²) in [5.41, 5.74) is 2.81. The van der Waals surface area contributed by atoms with Crippen LogP contribution in [0.25, 0.3) is 11.1 Å². The Kier molecular flexibility index (Phi) is 8.42. The third-order valence-corrected chi connectivity index (χ3v) is 9.21. The second-order valence-corrected chi connectivity index (χ2v) is 13.2. The van der Waals surface area contributed by atoms with Crippen molar-refractivity contribution in [2.75, 3.05) is 43.2 Å². The Bertz CT molecular complexity index is 1630. The van der Waals surface area contributed by atoms with Gasteiger partial charge >= 0.3 is 0 Å². The van der Waals surface area contributed by atoms with Gasteiger partial charge in [0.25, 0.3) is 11.8 Å². The van der Waals surface area contributed by atoms with Gasteiger partial charge in [0.05, 0.1) is 34.1 Å². The number of hydrogen-bond acceptors (Lipinski definition) is 7. The molecule has 1 aliphatic carbocycles. The first-order valence-corrected chi connectivity index (χ1v) is 15.9. The Balaban J connectivity index is 1.51. The van der Waals surface area contributed by atoms with E-state index < -0.39 is 27.5 Å². The van der Waals surface area contributed by atoms with E-state index in [2.05, 4.69) is 25.1 Å². The molecule has 2 aliphatic rings. The van der Waals surface area contributed by atoms with Crippen LogP contribution in [-0.4, -0.2) is 69.6 Å². The molecule has 0 spiro atoms. The average Bonchev–Trinajstić information content (AvgIpc) is 3.70. The molecule has 0 radical (unpaired) electrons. The molecule has 1 aromatic carbocycles. The maximum Gasteiger partial charge on any atom is 0.267 e. The summed E-state index contributed by atoms with van der Waals surface area (Å²) < 4.78 is 47.4. The van der Waals surface area contributed by atoms with Crippen LogP contribution in [0.2, 0.25) is 0 Å². The lowest BCUT2D eigenvalue weighted by molar-refractivity contribution is -0.116. The molecule has 2 N–H and O–H groups in total. The lowest BCUT2D eigenvalue weighted by Crippen LogP contribution is -2.30. The Morgan fingerprint density at radius 2 is 1.98 bits per heavy atom. The Morgan fingerprint density at radius 1 is 1.19 bits per heavy atom. The van der Waals surface area contributed by atoms with E-state index in [1.807, 2.05) is 17.8 Å². The fourth-order valence-corrected chi connectivity index (χ4v) is 6.35. The molecule has 2 fully saturated rings. The largest absolute Gasteiger partial charge is 0.356 e. The summed E-state index contributed by atoms with van der Waals surface area (Å²) in [6.45, 7) is 2.18. The summed E-state index contributed by atoms with van der Waals surface area (Å²) in [4.78, 5) is 32.6. The van der Waals surface area contributed by atoms with Gasteiger partial charge in [0.15, 0.2) is 0 Å². The minimum absolute atomic E-state index is 0.0470. The number of nitrogens with zero attached hydrogens (tertiary/aromatic N) is 5. The average molecular weight is 600 g/mol. The number of rotatable bonds is 8. The third-order valence-electron chi connectivity index (χ3n) is 7.53. The van der Waals surface area contributed by atoms with E-state index >= 15 is 0 Å².